The Morgan fingerprint density at radius 2 is 1.93 bits per heavy atom. The molecule has 2 aromatic heterocycles. The van der Waals surface area contributed by atoms with Crippen molar-refractivity contribution in [3.8, 4) is 0 Å². The summed E-state index contributed by atoms with van der Waals surface area (Å²) in [5.74, 6) is 0.587. The Labute approximate surface area is 105 Å². The van der Waals surface area contributed by atoms with Crippen LogP contribution in [0.2, 0.25) is 0 Å². The molecule has 4 nitrogen and oxygen atoms in total. The minimum Gasteiger partial charge on any atom is -0.300 e. The molecule has 2 rings (SSSR count). The number of nitrogens with one attached hydrogen (secondary N) is 1. The van der Waals surface area contributed by atoms with E-state index >= 15 is 0 Å². The lowest BCUT2D eigenvalue weighted by atomic mass is 10.4. The van der Waals surface area contributed by atoms with Crippen LogP contribution >= 0.6 is 33.9 Å². The first-order valence-corrected chi connectivity index (χ1v) is 6.23. The number of aromatic nitrogens is 3. The molecule has 0 amide bonds. The van der Waals surface area contributed by atoms with Gasteiger partial charge in [-0.2, -0.15) is 0 Å². The molecule has 0 aromatic carbocycles. The molecule has 6 heteroatoms. The van der Waals surface area contributed by atoms with Crippen LogP contribution in [0.15, 0.2) is 12.4 Å². The van der Waals surface area contributed by atoms with E-state index in [-0.39, 0.29) is 0 Å². The molecule has 0 aliphatic carbocycles. The van der Waals surface area contributed by atoms with Gasteiger partial charge in [-0.3, -0.25) is 0 Å². The maximum Gasteiger partial charge on any atom is 0.228 e. The molecule has 0 aliphatic heterocycles. The van der Waals surface area contributed by atoms with Crippen molar-refractivity contribution >= 4 is 45.0 Å². The SMILES string of the molecule is Cc1nc(Nc2ncc(I)cn2)sc1C. The average molecular weight is 332 g/mol. The van der Waals surface area contributed by atoms with Gasteiger partial charge in [-0.25, -0.2) is 15.0 Å². The molecule has 0 saturated carbocycles. The van der Waals surface area contributed by atoms with Crippen LogP contribution in [0.4, 0.5) is 11.1 Å². The number of halogens is 1. The molecule has 2 aromatic rings. The maximum atomic E-state index is 4.35. The minimum atomic E-state index is 0.587. The summed E-state index contributed by atoms with van der Waals surface area (Å²) in [6.45, 7) is 4.04. The summed E-state index contributed by atoms with van der Waals surface area (Å²) in [6.07, 6.45) is 3.53. The summed E-state index contributed by atoms with van der Waals surface area (Å²) < 4.78 is 1.02. The van der Waals surface area contributed by atoms with Crippen molar-refractivity contribution in [3.05, 3.63) is 26.5 Å². The van der Waals surface area contributed by atoms with Gasteiger partial charge < -0.3 is 5.32 Å². The van der Waals surface area contributed by atoms with Gasteiger partial charge in [0.25, 0.3) is 0 Å². The van der Waals surface area contributed by atoms with Crippen LogP contribution in [0.3, 0.4) is 0 Å². The number of hydrogen-bond donors (Lipinski definition) is 1. The van der Waals surface area contributed by atoms with Crippen LogP contribution in [-0.2, 0) is 0 Å². The summed E-state index contributed by atoms with van der Waals surface area (Å²) in [4.78, 5) is 13.9. The van der Waals surface area contributed by atoms with E-state index in [1.807, 2.05) is 13.8 Å². The standard InChI is InChI=1S/C9H9IN4S/c1-5-6(2)15-9(13-5)14-8-11-3-7(10)4-12-8/h3-4H,1-2H3,(H,11,12,13,14). The van der Waals surface area contributed by atoms with Crippen LogP contribution in [0.25, 0.3) is 0 Å². The molecule has 1 N–H and O–H groups in total. The lowest BCUT2D eigenvalue weighted by Crippen LogP contribution is -1.96. The summed E-state index contributed by atoms with van der Waals surface area (Å²) in [5.41, 5.74) is 1.05. The molecule has 2 heterocycles. The third-order valence-electron chi connectivity index (χ3n) is 1.87. The Morgan fingerprint density at radius 3 is 2.47 bits per heavy atom. The first-order valence-electron chi connectivity index (χ1n) is 4.34. The average Bonchev–Trinajstić information content (AvgIpc) is 2.50. The van der Waals surface area contributed by atoms with E-state index in [4.69, 9.17) is 0 Å². The quantitative estimate of drug-likeness (QED) is 0.859. The lowest BCUT2D eigenvalue weighted by molar-refractivity contribution is 1.14. The second-order valence-corrected chi connectivity index (χ2v) is 5.46. The van der Waals surface area contributed by atoms with Crippen molar-refractivity contribution in [1.29, 1.82) is 0 Å². The summed E-state index contributed by atoms with van der Waals surface area (Å²) in [6, 6.07) is 0. The zero-order valence-electron chi connectivity index (χ0n) is 8.28. The highest BCUT2D eigenvalue weighted by atomic mass is 127. The number of hydrogen-bond acceptors (Lipinski definition) is 5. The summed E-state index contributed by atoms with van der Waals surface area (Å²) >= 11 is 3.78. The van der Waals surface area contributed by atoms with Crippen molar-refractivity contribution in [1.82, 2.24) is 15.0 Å². The van der Waals surface area contributed by atoms with Crippen molar-refractivity contribution in [2.45, 2.75) is 13.8 Å². The molecule has 0 radical (unpaired) electrons. The van der Waals surface area contributed by atoms with Gasteiger partial charge in [-0.15, -0.1) is 11.3 Å². The molecular weight excluding hydrogens is 323 g/mol. The van der Waals surface area contributed by atoms with Gasteiger partial charge in [0.05, 0.1) is 5.69 Å². The van der Waals surface area contributed by atoms with Crippen LogP contribution in [-0.4, -0.2) is 15.0 Å². The van der Waals surface area contributed by atoms with Crippen LogP contribution in [0, 0.1) is 17.4 Å². The molecule has 0 aliphatic rings. The second-order valence-electron chi connectivity index (χ2n) is 3.01. The Morgan fingerprint density at radius 1 is 1.27 bits per heavy atom. The predicted octanol–water partition coefficient (Wildman–Crippen LogP) is 2.90. The zero-order chi connectivity index (χ0) is 10.8. The van der Waals surface area contributed by atoms with Crippen molar-refractivity contribution < 1.29 is 0 Å². The monoisotopic (exact) mass is 332 g/mol. The van der Waals surface area contributed by atoms with E-state index in [0.29, 0.717) is 5.95 Å². The molecule has 0 bridgehead atoms. The van der Waals surface area contributed by atoms with Gasteiger partial charge >= 0.3 is 0 Å². The molecule has 15 heavy (non-hydrogen) atoms. The number of anilines is 2. The highest BCUT2D eigenvalue weighted by molar-refractivity contribution is 14.1. The lowest BCUT2D eigenvalue weighted by Gasteiger charge is -1.98. The van der Waals surface area contributed by atoms with Gasteiger partial charge in [0, 0.05) is 20.8 Å². The molecule has 78 valence electrons. The van der Waals surface area contributed by atoms with E-state index in [2.05, 4.69) is 42.9 Å². The summed E-state index contributed by atoms with van der Waals surface area (Å²) in [7, 11) is 0. The molecule has 0 saturated heterocycles. The smallest absolute Gasteiger partial charge is 0.228 e. The number of aryl methyl sites for hydroxylation is 2. The molecule has 0 atom stereocenters. The van der Waals surface area contributed by atoms with Crippen LogP contribution in [0.5, 0.6) is 0 Å². The topological polar surface area (TPSA) is 50.7 Å². The van der Waals surface area contributed by atoms with Gasteiger partial charge in [0.15, 0.2) is 5.13 Å². The predicted molar refractivity (Wildman–Crippen MR) is 69.6 cm³/mol. The third kappa shape index (κ3) is 2.63. The van der Waals surface area contributed by atoms with Gasteiger partial charge in [0.2, 0.25) is 5.95 Å². The Balaban J connectivity index is 2.18. The number of rotatable bonds is 2. The second kappa shape index (κ2) is 4.40. The Kier molecular flexibility index (Phi) is 3.15. The van der Waals surface area contributed by atoms with Gasteiger partial charge in [-0.05, 0) is 36.4 Å². The van der Waals surface area contributed by atoms with Crippen LogP contribution in [0.1, 0.15) is 10.6 Å². The number of nitrogens with zero attached hydrogens (tertiary/aromatic N) is 3. The van der Waals surface area contributed by atoms with Gasteiger partial charge in [0.1, 0.15) is 0 Å². The van der Waals surface area contributed by atoms with E-state index in [1.165, 1.54) is 4.88 Å². The summed E-state index contributed by atoms with van der Waals surface area (Å²) in [5, 5.41) is 3.91. The molecular formula is C9H9IN4S. The van der Waals surface area contributed by atoms with Gasteiger partial charge in [-0.1, -0.05) is 0 Å². The van der Waals surface area contributed by atoms with Crippen molar-refractivity contribution in [3.63, 3.8) is 0 Å². The highest BCUT2D eigenvalue weighted by Gasteiger charge is 2.04. The fraction of sp³-hybridized carbons (Fsp3) is 0.222. The first kappa shape index (κ1) is 10.7. The molecule has 0 fully saturated rings. The minimum absolute atomic E-state index is 0.587. The Bertz CT molecular complexity index is 446. The Hall–Kier alpha value is -0.760. The van der Waals surface area contributed by atoms with E-state index < -0.39 is 0 Å². The third-order valence-corrected chi connectivity index (χ3v) is 3.41. The van der Waals surface area contributed by atoms with Crippen molar-refractivity contribution in [2.24, 2.45) is 0 Å². The van der Waals surface area contributed by atoms with Crippen LogP contribution < -0.4 is 5.32 Å². The maximum absolute atomic E-state index is 4.35. The number of thiazole rings is 1. The molecule has 0 unspecified atom stereocenters. The first-order chi connectivity index (χ1) is 7.15. The van der Waals surface area contributed by atoms with Crippen molar-refractivity contribution in [2.75, 3.05) is 5.32 Å². The largest absolute Gasteiger partial charge is 0.300 e. The van der Waals surface area contributed by atoms with E-state index in [0.717, 1.165) is 14.4 Å². The molecule has 0 spiro atoms. The fourth-order valence-corrected chi connectivity index (χ4v) is 2.09. The van der Waals surface area contributed by atoms with E-state index in [1.54, 1.807) is 23.7 Å². The zero-order valence-corrected chi connectivity index (χ0v) is 11.3. The normalized spacial score (nSPS) is 10.3. The fourth-order valence-electron chi connectivity index (χ4n) is 0.999. The van der Waals surface area contributed by atoms with E-state index in [9.17, 15) is 0 Å². The highest BCUT2D eigenvalue weighted by Crippen LogP contribution is 2.23.